The number of rotatable bonds is 2. The predicted molar refractivity (Wildman–Crippen MR) is 102 cm³/mol. The number of carbonyl (C=O) groups excluding carboxylic acids is 1. The topological polar surface area (TPSA) is 35.6 Å². The van der Waals surface area contributed by atoms with Crippen LogP contribution in [0.15, 0.2) is 42.5 Å². The van der Waals surface area contributed by atoms with Crippen LogP contribution in [-0.4, -0.2) is 37.1 Å². The standard InChI is InChI=1S/C19H22FN3O.ClH/c1-14-6-5-9-18(15(14)2)22-10-12-23(13-11-22)19(24)21-17-8-4-3-7-16(17)20;/h3-9H,10-13H2,1-2H3,(H,21,24);1H. The Bertz CT molecular complexity index is 745. The summed E-state index contributed by atoms with van der Waals surface area (Å²) in [5, 5.41) is 2.65. The number of halogens is 2. The number of piperazine rings is 1. The van der Waals surface area contributed by atoms with Crippen molar-refractivity contribution in [2.75, 3.05) is 36.4 Å². The molecule has 2 aromatic rings. The van der Waals surface area contributed by atoms with E-state index in [9.17, 15) is 9.18 Å². The molecule has 1 N–H and O–H groups in total. The molecule has 1 heterocycles. The van der Waals surface area contributed by atoms with E-state index in [0.717, 1.165) is 13.1 Å². The normalized spacial score (nSPS) is 14.0. The van der Waals surface area contributed by atoms with Gasteiger partial charge in [-0.2, -0.15) is 0 Å². The monoisotopic (exact) mass is 363 g/mol. The van der Waals surface area contributed by atoms with Gasteiger partial charge in [-0.25, -0.2) is 9.18 Å². The third kappa shape index (κ3) is 4.23. The summed E-state index contributed by atoms with van der Waals surface area (Å²) in [4.78, 5) is 16.3. The molecule has 1 saturated heterocycles. The Balaban J connectivity index is 0.00000225. The minimum Gasteiger partial charge on any atom is -0.368 e. The highest BCUT2D eigenvalue weighted by Crippen LogP contribution is 2.24. The van der Waals surface area contributed by atoms with E-state index < -0.39 is 5.82 Å². The smallest absolute Gasteiger partial charge is 0.322 e. The van der Waals surface area contributed by atoms with Crippen LogP contribution in [0.5, 0.6) is 0 Å². The van der Waals surface area contributed by atoms with Gasteiger partial charge in [0.25, 0.3) is 0 Å². The quantitative estimate of drug-likeness (QED) is 0.867. The Hall–Kier alpha value is -2.27. The molecule has 0 spiro atoms. The SMILES string of the molecule is Cc1cccc(N2CCN(C(=O)Nc3ccccc3F)CC2)c1C.Cl. The zero-order valence-corrected chi connectivity index (χ0v) is 15.3. The van der Waals surface area contributed by atoms with Crippen LogP contribution in [0, 0.1) is 19.7 Å². The molecule has 0 unspecified atom stereocenters. The van der Waals surface area contributed by atoms with Crippen LogP contribution in [0.3, 0.4) is 0 Å². The van der Waals surface area contributed by atoms with Crippen LogP contribution in [-0.2, 0) is 0 Å². The first-order chi connectivity index (χ1) is 11.6. The summed E-state index contributed by atoms with van der Waals surface area (Å²) in [6, 6.07) is 12.3. The lowest BCUT2D eigenvalue weighted by Gasteiger charge is -2.37. The summed E-state index contributed by atoms with van der Waals surface area (Å²) >= 11 is 0. The maximum atomic E-state index is 13.6. The van der Waals surface area contributed by atoms with E-state index in [0.29, 0.717) is 13.1 Å². The van der Waals surface area contributed by atoms with E-state index in [1.165, 1.54) is 22.9 Å². The molecule has 0 radical (unpaired) electrons. The Kier molecular flexibility index (Phi) is 6.26. The number of benzene rings is 2. The third-order valence-electron chi connectivity index (χ3n) is 4.60. The first-order valence-corrected chi connectivity index (χ1v) is 8.18. The molecule has 2 aromatic carbocycles. The molecule has 0 saturated carbocycles. The molecule has 4 nitrogen and oxygen atoms in total. The van der Waals surface area contributed by atoms with Crippen LogP contribution >= 0.6 is 12.4 Å². The molecule has 0 aromatic heterocycles. The molecule has 6 heteroatoms. The average Bonchev–Trinajstić information content (AvgIpc) is 2.59. The van der Waals surface area contributed by atoms with Gasteiger partial charge in [0.15, 0.2) is 0 Å². The van der Waals surface area contributed by atoms with Crippen molar-refractivity contribution in [3.8, 4) is 0 Å². The van der Waals surface area contributed by atoms with E-state index in [4.69, 9.17) is 0 Å². The zero-order chi connectivity index (χ0) is 17.1. The molecule has 3 rings (SSSR count). The molecule has 0 bridgehead atoms. The lowest BCUT2D eigenvalue weighted by molar-refractivity contribution is 0.208. The number of nitrogens with zero attached hydrogens (tertiary/aromatic N) is 2. The van der Waals surface area contributed by atoms with Gasteiger partial charge in [-0.05, 0) is 43.2 Å². The van der Waals surface area contributed by atoms with Crippen molar-refractivity contribution in [3.63, 3.8) is 0 Å². The van der Waals surface area contributed by atoms with Crippen molar-refractivity contribution in [2.45, 2.75) is 13.8 Å². The number of carbonyl (C=O) groups is 1. The number of aryl methyl sites for hydroxylation is 1. The first-order valence-electron chi connectivity index (χ1n) is 8.18. The molecule has 25 heavy (non-hydrogen) atoms. The molecule has 1 fully saturated rings. The number of para-hydroxylation sites is 1. The molecule has 1 aliphatic heterocycles. The molecule has 134 valence electrons. The van der Waals surface area contributed by atoms with Crippen LogP contribution in [0.1, 0.15) is 11.1 Å². The Morgan fingerprint density at radius 2 is 1.68 bits per heavy atom. The molecule has 2 amide bonds. The third-order valence-corrected chi connectivity index (χ3v) is 4.60. The summed E-state index contributed by atoms with van der Waals surface area (Å²) in [5.74, 6) is -0.417. The van der Waals surface area contributed by atoms with Crippen molar-refractivity contribution in [2.24, 2.45) is 0 Å². The zero-order valence-electron chi connectivity index (χ0n) is 14.5. The lowest BCUT2D eigenvalue weighted by Crippen LogP contribution is -2.50. The van der Waals surface area contributed by atoms with Gasteiger partial charge in [0.2, 0.25) is 0 Å². The summed E-state index contributed by atoms with van der Waals surface area (Å²) in [6.45, 7) is 7.02. The van der Waals surface area contributed by atoms with Crippen molar-refractivity contribution in [1.82, 2.24) is 4.90 Å². The highest BCUT2D eigenvalue weighted by Gasteiger charge is 2.22. The molecule has 1 aliphatic rings. The molecular formula is C19H23ClFN3O. The van der Waals surface area contributed by atoms with Gasteiger partial charge in [0.05, 0.1) is 5.69 Å². The maximum absolute atomic E-state index is 13.6. The summed E-state index contributed by atoms with van der Waals surface area (Å²) in [5.41, 5.74) is 4.00. The second kappa shape index (κ2) is 8.21. The van der Waals surface area contributed by atoms with Crippen LogP contribution in [0.2, 0.25) is 0 Å². The molecule has 0 aliphatic carbocycles. The van der Waals surface area contributed by atoms with E-state index in [2.05, 4.69) is 42.3 Å². The van der Waals surface area contributed by atoms with Gasteiger partial charge in [-0.15, -0.1) is 12.4 Å². The van der Waals surface area contributed by atoms with Crippen LogP contribution in [0.4, 0.5) is 20.6 Å². The minimum absolute atomic E-state index is 0. The van der Waals surface area contributed by atoms with Gasteiger partial charge in [0, 0.05) is 31.9 Å². The number of amides is 2. The van der Waals surface area contributed by atoms with Gasteiger partial charge >= 0.3 is 6.03 Å². The van der Waals surface area contributed by atoms with Gasteiger partial charge in [0.1, 0.15) is 5.82 Å². The van der Waals surface area contributed by atoms with Gasteiger partial charge in [-0.3, -0.25) is 0 Å². The second-order valence-corrected chi connectivity index (χ2v) is 6.10. The number of urea groups is 1. The predicted octanol–water partition coefficient (Wildman–Crippen LogP) is 4.22. The number of anilines is 2. The fraction of sp³-hybridized carbons (Fsp3) is 0.316. The second-order valence-electron chi connectivity index (χ2n) is 6.10. The highest BCUT2D eigenvalue weighted by atomic mass is 35.5. The summed E-state index contributed by atoms with van der Waals surface area (Å²) in [6.07, 6.45) is 0. The van der Waals surface area contributed by atoms with E-state index in [-0.39, 0.29) is 24.1 Å². The van der Waals surface area contributed by atoms with Gasteiger partial charge < -0.3 is 15.1 Å². The van der Waals surface area contributed by atoms with Gasteiger partial charge in [-0.1, -0.05) is 24.3 Å². The fourth-order valence-corrected chi connectivity index (χ4v) is 2.99. The Labute approximate surface area is 154 Å². The van der Waals surface area contributed by atoms with Crippen molar-refractivity contribution < 1.29 is 9.18 Å². The lowest BCUT2D eigenvalue weighted by atomic mass is 10.1. The van der Waals surface area contributed by atoms with Crippen molar-refractivity contribution >= 4 is 29.8 Å². The van der Waals surface area contributed by atoms with E-state index >= 15 is 0 Å². The van der Waals surface area contributed by atoms with Crippen LogP contribution < -0.4 is 10.2 Å². The number of hydrogen-bond donors (Lipinski definition) is 1. The largest absolute Gasteiger partial charge is 0.368 e. The Morgan fingerprint density at radius 3 is 2.36 bits per heavy atom. The van der Waals surface area contributed by atoms with Crippen molar-refractivity contribution in [1.29, 1.82) is 0 Å². The highest BCUT2D eigenvalue weighted by molar-refractivity contribution is 5.89. The molecular weight excluding hydrogens is 341 g/mol. The average molecular weight is 364 g/mol. The Morgan fingerprint density at radius 1 is 1.00 bits per heavy atom. The number of hydrogen-bond acceptors (Lipinski definition) is 2. The maximum Gasteiger partial charge on any atom is 0.322 e. The summed E-state index contributed by atoms with van der Waals surface area (Å²) < 4.78 is 13.6. The summed E-state index contributed by atoms with van der Waals surface area (Å²) in [7, 11) is 0. The van der Waals surface area contributed by atoms with Crippen LogP contribution in [0.25, 0.3) is 0 Å². The fourth-order valence-electron chi connectivity index (χ4n) is 2.99. The number of nitrogens with one attached hydrogen (secondary N) is 1. The van der Waals surface area contributed by atoms with E-state index in [1.807, 2.05) is 0 Å². The molecule has 0 atom stereocenters. The minimum atomic E-state index is -0.417. The van der Waals surface area contributed by atoms with E-state index in [1.54, 1.807) is 23.1 Å². The van der Waals surface area contributed by atoms with Crippen molar-refractivity contribution in [3.05, 3.63) is 59.4 Å². The first kappa shape index (κ1) is 19.1.